The van der Waals surface area contributed by atoms with E-state index in [0.29, 0.717) is 31.2 Å². The van der Waals surface area contributed by atoms with Gasteiger partial charge in [0.05, 0.1) is 0 Å². The first kappa shape index (κ1) is 49.6. The molecule has 2 rings (SSSR count). The molecule has 1 heterocycles. The first-order valence-corrected chi connectivity index (χ1v) is 19.2. The van der Waals surface area contributed by atoms with Gasteiger partial charge in [-0.1, -0.05) is 25.0 Å². The van der Waals surface area contributed by atoms with E-state index in [9.17, 15) is 48.6 Å². The van der Waals surface area contributed by atoms with Gasteiger partial charge in [-0.3, -0.25) is 33.6 Å². The van der Waals surface area contributed by atoms with Gasteiger partial charge in [0.25, 0.3) is 0 Å². The molecule has 6 N–H and O–H groups in total. The molecule has 7 atom stereocenters. The summed E-state index contributed by atoms with van der Waals surface area (Å²) in [6.45, 7) is 9.55. The summed E-state index contributed by atoms with van der Waals surface area (Å²) < 4.78 is 33.2. The summed E-state index contributed by atoms with van der Waals surface area (Å²) in [5.74, 6) is -5.18. The number of esters is 3. The number of rotatable bonds is 22. The Kier molecular flexibility index (Phi) is 20.6. The summed E-state index contributed by atoms with van der Waals surface area (Å²) in [6.07, 6.45) is -4.20. The Morgan fingerprint density at radius 1 is 0.797 bits per heavy atom. The average Bonchev–Trinajstić information content (AvgIpc) is 3.11. The fraction of sp³-hybridized carbons (Fsp3) is 0.641. The molecule has 0 spiro atoms. The van der Waals surface area contributed by atoms with Crippen LogP contribution in [0, 0.1) is 0 Å². The van der Waals surface area contributed by atoms with E-state index in [0.717, 1.165) is 13.8 Å². The molecule has 0 radical (unpaired) electrons. The quantitative estimate of drug-likeness (QED) is 0.0549. The number of carboxylic acids is 1. The molecule has 20 nitrogen and oxygen atoms in total. The molecule has 20 heteroatoms. The molecule has 0 bridgehead atoms. The van der Waals surface area contributed by atoms with E-state index in [2.05, 4.69) is 21.3 Å². The molecule has 1 fully saturated rings. The van der Waals surface area contributed by atoms with Gasteiger partial charge in [-0.05, 0) is 57.7 Å². The van der Waals surface area contributed by atoms with E-state index in [-0.39, 0.29) is 38.3 Å². The number of ether oxygens (including phenoxy) is 6. The van der Waals surface area contributed by atoms with E-state index in [1.165, 1.54) is 26.0 Å². The molecule has 0 saturated carbocycles. The minimum absolute atomic E-state index is 0.000692. The third kappa shape index (κ3) is 19.7. The number of unbranched alkanes of at least 4 members (excludes halogenated alkanes) is 3. The number of phenols is 1. The van der Waals surface area contributed by atoms with Crippen molar-refractivity contribution in [2.45, 2.75) is 142 Å². The highest BCUT2D eigenvalue weighted by Crippen LogP contribution is 2.28. The first-order chi connectivity index (χ1) is 27.6. The van der Waals surface area contributed by atoms with E-state index in [1.807, 2.05) is 0 Å². The lowest BCUT2D eigenvalue weighted by molar-refractivity contribution is -0.277. The predicted octanol–water partition coefficient (Wildman–Crippen LogP) is 1.53. The summed E-state index contributed by atoms with van der Waals surface area (Å²) in [6, 6.07) is 2.39. The Labute approximate surface area is 342 Å². The number of hydrogen-bond acceptors (Lipinski definition) is 15. The Morgan fingerprint density at radius 2 is 1.42 bits per heavy atom. The van der Waals surface area contributed by atoms with Gasteiger partial charge >= 0.3 is 30.0 Å². The van der Waals surface area contributed by atoms with Gasteiger partial charge < -0.3 is 59.9 Å². The monoisotopic (exact) mass is 838 g/mol. The van der Waals surface area contributed by atoms with Crippen molar-refractivity contribution in [3.05, 3.63) is 29.8 Å². The molecular weight excluding hydrogens is 780 g/mol. The highest BCUT2D eigenvalue weighted by molar-refractivity contribution is 5.91. The molecule has 0 unspecified atom stereocenters. The molecular formula is C39H58N4O16. The van der Waals surface area contributed by atoms with Crippen molar-refractivity contribution in [1.29, 1.82) is 0 Å². The molecule has 1 aliphatic heterocycles. The zero-order chi connectivity index (χ0) is 44.3. The molecule has 1 aromatic rings. The van der Waals surface area contributed by atoms with Crippen molar-refractivity contribution in [2.75, 3.05) is 19.8 Å². The zero-order valence-corrected chi connectivity index (χ0v) is 34.5. The summed E-state index contributed by atoms with van der Waals surface area (Å²) in [5, 5.41) is 29.4. The number of carboxylic acid groups (broad SMARTS) is 1. The number of carbonyl (C=O) groups excluding carboxylic acids is 7. The van der Waals surface area contributed by atoms with E-state index in [1.54, 1.807) is 32.9 Å². The smallest absolute Gasteiger partial charge is 0.408 e. The van der Waals surface area contributed by atoms with Gasteiger partial charge in [-0.15, -0.1) is 0 Å². The van der Waals surface area contributed by atoms with Gasteiger partial charge in [0, 0.05) is 53.7 Å². The minimum atomic E-state index is -1.25. The lowest BCUT2D eigenvalue weighted by atomic mass is 9.96. The number of aromatic hydroxyl groups is 1. The van der Waals surface area contributed by atoms with Crippen LogP contribution < -0.4 is 21.3 Å². The van der Waals surface area contributed by atoms with Crippen LogP contribution in [0.2, 0.25) is 0 Å². The van der Waals surface area contributed by atoms with Crippen molar-refractivity contribution >= 4 is 47.7 Å². The Morgan fingerprint density at radius 3 is 2.00 bits per heavy atom. The van der Waals surface area contributed by atoms with Crippen LogP contribution in [0.3, 0.4) is 0 Å². The largest absolute Gasteiger partial charge is 0.508 e. The second-order valence-corrected chi connectivity index (χ2v) is 14.9. The fourth-order valence-electron chi connectivity index (χ4n) is 5.88. The van der Waals surface area contributed by atoms with Gasteiger partial charge in [0.1, 0.15) is 42.2 Å². The Bertz CT molecular complexity index is 1600. The maximum absolute atomic E-state index is 13.5. The molecule has 0 aliphatic carbocycles. The number of benzene rings is 1. The summed E-state index contributed by atoms with van der Waals surface area (Å²) in [7, 11) is 0. The summed E-state index contributed by atoms with van der Waals surface area (Å²) in [4.78, 5) is 98.4. The van der Waals surface area contributed by atoms with Crippen LogP contribution in [0.15, 0.2) is 24.3 Å². The second-order valence-electron chi connectivity index (χ2n) is 14.9. The highest BCUT2D eigenvalue weighted by Gasteiger charge is 2.51. The fourth-order valence-corrected chi connectivity index (χ4v) is 5.88. The van der Waals surface area contributed by atoms with Gasteiger partial charge in [-0.2, -0.15) is 0 Å². The third-order valence-corrected chi connectivity index (χ3v) is 8.39. The van der Waals surface area contributed by atoms with Crippen LogP contribution in [0.4, 0.5) is 4.79 Å². The second kappa shape index (κ2) is 24.4. The lowest BCUT2D eigenvalue weighted by Crippen LogP contribution is -2.66. The maximum atomic E-state index is 13.5. The Hall–Kier alpha value is -5.50. The number of phenolic OH excluding ortho intramolecular Hbond substituents is 1. The standard InChI is InChI=1S/C39H58N4O16/c1-22(44)41-32-34(57-25(4)47)33(56-24(3)46)30(21-55-23(2)45)58-37(32)54-19-11-9-8-10-18-40-35(51)28(16-17-31(49)50)42-36(52)29(43-38(53)59-39(5,6)7)20-26-12-14-27(48)15-13-26/h12-15,28-30,32-34,37,48H,8-11,16-21H2,1-7H3,(H,40,51)(H,41,44)(H,42,52)(H,43,53)(H,49,50)/t28-,29-,30+,32+,33-,34+,37+/m0/s1. The first-order valence-electron chi connectivity index (χ1n) is 19.2. The minimum Gasteiger partial charge on any atom is -0.508 e. The van der Waals surface area contributed by atoms with Gasteiger partial charge in [0.2, 0.25) is 17.7 Å². The number of hydrogen-bond donors (Lipinski definition) is 6. The van der Waals surface area contributed by atoms with Crippen LogP contribution in [0.1, 0.15) is 92.6 Å². The van der Waals surface area contributed by atoms with Crippen LogP contribution in [-0.4, -0.2) is 126 Å². The molecule has 330 valence electrons. The highest BCUT2D eigenvalue weighted by atomic mass is 16.7. The number of nitrogens with one attached hydrogen (secondary N) is 4. The van der Waals surface area contributed by atoms with E-state index < -0.39 is 102 Å². The van der Waals surface area contributed by atoms with Gasteiger partial charge in [-0.25, -0.2) is 4.79 Å². The number of alkyl carbamates (subject to hydrolysis) is 1. The number of amides is 4. The average molecular weight is 839 g/mol. The summed E-state index contributed by atoms with van der Waals surface area (Å²) >= 11 is 0. The van der Waals surface area contributed by atoms with Crippen molar-refractivity contribution in [2.24, 2.45) is 0 Å². The predicted molar refractivity (Wildman–Crippen MR) is 205 cm³/mol. The molecule has 1 aliphatic rings. The van der Waals surface area contributed by atoms with Crippen molar-refractivity contribution in [3.8, 4) is 5.75 Å². The van der Waals surface area contributed by atoms with Crippen LogP contribution in [-0.2, 0) is 68.4 Å². The van der Waals surface area contributed by atoms with E-state index >= 15 is 0 Å². The molecule has 4 amide bonds. The normalized spacial score (nSPS) is 19.8. The van der Waals surface area contributed by atoms with Crippen LogP contribution in [0.5, 0.6) is 5.75 Å². The third-order valence-electron chi connectivity index (χ3n) is 8.39. The number of carbonyl (C=O) groups is 8. The van der Waals surface area contributed by atoms with E-state index in [4.69, 9.17) is 28.4 Å². The molecule has 1 saturated heterocycles. The lowest BCUT2D eigenvalue weighted by Gasteiger charge is -2.44. The molecule has 0 aromatic heterocycles. The van der Waals surface area contributed by atoms with Crippen molar-refractivity contribution in [3.63, 3.8) is 0 Å². The Balaban J connectivity index is 2.01. The van der Waals surface area contributed by atoms with Crippen molar-refractivity contribution < 1.29 is 77.0 Å². The summed E-state index contributed by atoms with van der Waals surface area (Å²) in [5.41, 5.74) is -0.288. The van der Waals surface area contributed by atoms with Crippen LogP contribution >= 0.6 is 0 Å². The SMILES string of the molecule is CC(=O)N[C@H]1[C@H](OCCCCCCNC(=O)[C@H](CCC(=O)O)NC(=O)[C@H](Cc2ccc(O)cc2)NC(=O)OC(C)(C)C)O[C@H](COC(C)=O)[C@H](OC(C)=O)[C@@H]1OC(C)=O. The maximum Gasteiger partial charge on any atom is 0.408 e. The van der Waals surface area contributed by atoms with Crippen molar-refractivity contribution in [1.82, 2.24) is 21.3 Å². The molecule has 59 heavy (non-hydrogen) atoms. The zero-order valence-electron chi connectivity index (χ0n) is 34.5. The topological polar surface area (TPSA) is 281 Å². The number of aliphatic carboxylic acids is 1. The van der Waals surface area contributed by atoms with Crippen LogP contribution in [0.25, 0.3) is 0 Å². The van der Waals surface area contributed by atoms with Gasteiger partial charge in [0.15, 0.2) is 18.5 Å². The molecule has 1 aromatic carbocycles.